The fourth-order valence-electron chi connectivity index (χ4n) is 2.25. The van der Waals surface area contributed by atoms with Crippen LogP contribution in [0.25, 0.3) is 0 Å². The Balaban J connectivity index is 1.91. The number of amides is 1. The van der Waals surface area contributed by atoms with Gasteiger partial charge in [0.1, 0.15) is 0 Å². The Hall–Kier alpha value is -0.650. The predicted molar refractivity (Wildman–Crippen MR) is 77.2 cm³/mol. The topological polar surface area (TPSA) is 53.6 Å². The maximum Gasteiger partial charge on any atom is 0.233 e. The monoisotopic (exact) mass is 271 g/mol. The molecule has 1 fully saturated rings. The molecule has 0 aromatic carbocycles. The summed E-state index contributed by atoms with van der Waals surface area (Å²) in [5.41, 5.74) is 0. The zero-order chi connectivity index (χ0) is 13.9. The fraction of sp³-hybridized carbons (Fsp3) is 0.929. The molecule has 1 rings (SSSR count). The summed E-state index contributed by atoms with van der Waals surface area (Å²) in [6.07, 6.45) is 3.67. The van der Waals surface area contributed by atoms with Gasteiger partial charge in [0.25, 0.3) is 0 Å². The number of carbonyl (C=O) groups is 1. The third-order valence-electron chi connectivity index (χ3n) is 3.62. The Labute approximate surface area is 117 Å². The second kappa shape index (κ2) is 10.2. The van der Waals surface area contributed by atoms with Crippen LogP contribution in [0.1, 0.15) is 26.2 Å². The van der Waals surface area contributed by atoms with Crippen molar-refractivity contribution in [1.82, 2.24) is 15.5 Å². The van der Waals surface area contributed by atoms with Gasteiger partial charge in [-0.15, -0.1) is 0 Å². The lowest BCUT2D eigenvalue weighted by molar-refractivity contribution is -0.120. The number of hydrogen-bond donors (Lipinski definition) is 2. The third kappa shape index (κ3) is 8.18. The van der Waals surface area contributed by atoms with Crippen LogP contribution in [0.5, 0.6) is 0 Å². The maximum absolute atomic E-state index is 11.5. The average Bonchev–Trinajstić information content (AvgIpc) is 2.42. The summed E-state index contributed by atoms with van der Waals surface area (Å²) >= 11 is 0. The highest BCUT2D eigenvalue weighted by Crippen LogP contribution is 2.15. The number of piperidine rings is 1. The SMILES string of the molecule is COCCNCC(=O)NCCCN1CCC(C)CC1. The van der Waals surface area contributed by atoms with E-state index in [1.807, 2.05) is 0 Å². The lowest BCUT2D eigenvalue weighted by Gasteiger charge is -2.30. The first kappa shape index (κ1) is 16.4. The zero-order valence-corrected chi connectivity index (χ0v) is 12.4. The van der Waals surface area contributed by atoms with Crippen LogP contribution in [0.15, 0.2) is 0 Å². The van der Waals surface area contributed by atoms with Gasteiger partial charge in [-0.05, 0) is 44.8 Å². The van der Waals surface area contributed by atoms with Crippen molar-refractivity contribution in [2.24, 2.45) is 5.92 Å². The van der Waals surface area contributed by atoms with Gasteiger partial charge in [-0.3, -0.25) is 4.79 Å². The number of ether oxygens (including phenoxy) is 1. The highest BCUT2D eigenvalue weighted by molar-refractivity contribution is 5.77. The quantitative estimate of drug-likeness (QED) is 0.598. The minimum absolute atomic E-state index is 0.0726. The van der Waals surface area contributed by atoms with Crippen LogP contribution in [0, 0.1) is 5.92 Å². The number of methoxy groups -OCH3 is 1. The van der Waals surface area contributed by atoms with Crippen molar-refractivity contribution < 1.29 is 9.53 Å². The van der Waals surface area contributed by atoms with Crippen LogP contribution in [0.3, 0.4) is 0 Å². The molecule has 1 saturated heterocycles. The Morgan fingerprint density at radius 3 is 2.74 bits per heavy atom. The van der Waals surface area contributed by atoms with E-state index in [0.717, 1.165) is 32.0 Å². The molecule has 0 aromatic rings. The van der Waals surface area contributed by atoms with Crippen molar-refractivity contribution in [3.8, 4) is 0 Å². The molecule has 1 heterocycles. The smallest absolute Gasteiger partial charge is 0.233 e. The molecule has 0 aromatic heterocycles. The van der Waals surface area contributed by atoms with Crippen molar-refractivity contribution >= 4 is 5.91 Å². The second-order valence-corrected chi connectivity index (χ2v) is 5.40. The van der Waals surface area contributed by atoms with E-state index in [9.17, 15) is 4.79 Å². The maximum atomic E-state index is 11.5. The highest BCUT2D eigenvalue weighted by Gasteiger charge is 2.14. The molecular weight excluding hydrogens is 242 g/mol. The first-order valence-electron chi connectivity index (χ1n) is 7.41. The van der Waals surface area contributed by atoms with Crippen LogP contribution >= 0.6 is 0 Å². The van der Waals surface area contributed by atoms with Crippen LogP contribution in [-0.4, -0.2) is 63.8 Å². The molecule has 0 bridgehead atoms. The Kier molecular flexibility index (Phi) is 8.79. The van der Waals surface area contributed by atoms with Gasteiger partial charge < -0.3 is 20.3 Å². The van der Waals surface area contributed by atoms with Gasteiger partial charge in [0, 0.05) is 20.2 Å². The Morgan fingerprint density at radius 1 is 1.32 bits per heavy atom. The van der Waals surface area contributed by atoms with Crippen LogP contribution in [-0.2, 0) is 9.53 Å². The third-order valence-corrected chi connectivity index (χ3v) is 3.62. The molecule has 5 heteroatoms. The summed E-state index contributed by atoms with van der Waals surface area (Å²) < 4.78 is 4.90. The molecule has 1 aliphatic rings. The summed E-state index contributed by atoms with van der Waals surface area (Å²) in [7, 11) is 1.66. The predicted octanol–water partition coefficient (Wildman–Crippen LogP) is 0.461. The van der Waals surface area contributed by atoms with Crippen molar-refractivity contribution in [2.45, 2.75) is 26.2 Å². The Morgan fingerprint density at radius 2 is 2.05 bits per heavy atom. The van der Waals surface area contributed by atoms with Crippen molar-refractivity contribution in [3.63, 3.8) is 0 Å². The molecule has 0 radical (unpaired) electrons. The second-order valence-electron chi connectivity index (χ2n) is 5.40. The van der Waals surface area contributed by atoms with Crippen molar-refractivity contribution in [1.29, 1.82) is 0 Å². The number of carbonyl (C=O) groups excluding carboxylic acids is 1. The minimum atomic E-state index is 0.0726. The largest absolute Gasteiger partial charge is 0.383 e. The number of nitrogens with zero attached hydrogens (tertiary/aromatic N) is 1. The van der Waals surface area contributed by atoms with Gasteiger partial charge in [-0.25, -0.2) is 0 Å². The minimum Gasteiger partial charge on any atom is -0.383 e. The number of likely N-dealkylation sites (tertiary alicyclic amines) is 1. The number of nitrogens with one attached hydrogen (secondary N) is 2. The summed E-state index contributed by atoms with van der Waals surface area (Å²) in [6.45, 7) is 8.37. The van der Waals surface area contributed by atoms with E-state index in [0.29, 0.717) is 13.2 Å². The first-order chi connectivity index (χ1) is 9.22. The molecule has 0 saturated carbocycles. The lowest BCUT2D eigenvalue weighted by atomic mass is 9.99. The van der Waals surface area contributed by atoms with Crippen LogP contribution in [0.2, 0.25) is 0 Å². The lowest BCUT2D eigenvalue weighted by Crippen LogP contribution is -2.38. The summed E-state index contributed by atoms with van der Waals surface area (Å²) in [6, 6.07) is 0. The standard InChI is InChI=1S/C14H29N3O2/c1-13-4-9-17(10-5-13)8-3-6-16-14(18)12-15-7-11-19-2/h13,15H,3-12H2,1-2H3,(H,16,18). The molecule has 0 aliphatic carbocycles. The van der Waals surface area contributed by atoms with E-state index in [1.165, 1.54) is 25.9 Å². The molecule has 1 aliphatic heterocycles. The molecule has 19 heavy (non-hydrogen) atoms. The van der Waals surface area contributed by atoms with E-state index < -0.39 is 0 Å². The van der Waals surface area contributed by atoms with E-state index >= 15 is 0 Å². The average molecular weight is 271 g/mol. The summed E-state index contributed by atoms with van der Waals surface area (Å²) in [4.78, 5) is 14.0. The van der Waals surface area contributed by atoms with E-state index in [1.54, 1.807) is 7.11 Å². The van der Waals surface area contributed by atoms with Crippen molar-refractivity contribution in [2.75, 3.05) is 53.0 Å². The molecule has 1 amide bonds. The number of rotatable bonds is 9. The Bertz CT molecular complexity index is 241. The summed E-state index contributed by atoms with van der Waals surface area (Å²) in [5, 5.41) is 5.97. The van der Waals surface area contributed by atoms with Crippen LogP contribution < -0.4 is 10.6 Å². The normalized spacial score (nSPS) is 17.6. The number of hydrogen-bond acceptors (Lipinski definition) is 4. The molecule has 0 unspecified atom stereocenters. The van der Waals surface area contributed by atoms with E-state index in [4.69, 9.17) is 4.74 Å². The van der Waals surface area contributed by atoms with Gasteiger partial charge in [0.2, 0.25) is 5.91 Å². The molecule has 2 N–H and O–H groups in total. The van der Waals surface area contributed by atoms with Gasteiger partial charge >= 0.3 is 0 Å². The molecule has 5 nitrogen and oxygen atoms in total. The summed E-state index contributed by atoms with van der Waals surface area (Å²) in [5.74, 6) is 0.956. The molecule has 0 atom stereocenters. The zero-order valence-electron chi connectivity index (χ0n) is 12.4. The van der Waals surface area contributed by atoms with E-state index in [2.05, 4.69) is 22.5 Å². The van der Waals surface area contributed by atoms with Gasteiger partial charge in [-0.1, -0.05) is 6.92 Å². The molecule has 112 valence electrons. The molecular formula is C14H29N3O2. The van der Waals surface area contributed by atoms with E-state index in [-0.39, 0.29) is 5.91 Å². The van der Waals surface area contributed by atoms with Crippen molar-refractivity contribution in [3.05, 3.63) is 0 Å². The van der Waals surface area contributed by atoms with Gasteiger partial charge in [-0.2, -0.15) is 0 Å². The fourth-order valence-corrected chi connectivity index (χ4v) is 2.25. The van der Waals surface area contributed by atoms with Gasteiger partial charge in [0.05, 0.1) is 13.2 Å². The molecule has 0 spiro atoms. The highest BCUT2D eigenvalue weighted by atomic mass is 16.5. The van der Waals surface area contributed by atoms with Crippen LogP contribution in [0.4, 0.5) is 0 Å². The van der Waals surface area contributed by atoms with Gasteiger partial charge in [0.15, 0.2) is 0 Å². The first-order valence-corrected chi connectivity index (χ1v) is 7.41.